The predicted molar refractivity (Wildman–Crippen MR) is 72.6 cm³/mol. The zero-order chi connectivity index (χ0) is 13.0. The molecular weight excluding hydrogens is 226 g/mol. The molecule has 0 atom stereocenters. The number of aryl methyl sites for hydroxylation is 2. The minimum Gasteiger partial charge on any atom is -0.352 e. The summed E-state index contributed by atoms with van der Waals surface area (Å²) in [7, 11) is 1.95. The first-order valence-electron chi connectivity index (χ1n) is 6.12. The van der Waals surface area contributed by atoms with E-state index in [1.54, 1.807) is 6.20 Å². The van der Waals surface area contributed by atoms with Crippen LogP contribution in [0.1, 0.15) is 18.2 Å². The van der Waals surface area contributed by atoms with E-state index in [1.165, 1.54) is 5.56 Å². The van der Waals surface area contributed by atoms with Crippen molar-refractivity contribution in [1.82, 2.24) is 19.3 Å². The quantitative estimate of drug-likeness (QED) is 0.790. The number of nitrogens with zero attached hydrogens (tertiary/aromatic N) is 4. The molecule has 2 rings (SSSR count). The summed E-state index contributed by atoms with van der Waals surface area (Å²) in [5, 5.41) is 7.66. The van der Waals surface area contributed by atoms with E-state index >= 15 is 0 Å². The molecule has 0 aliphatic carbocycles. The third kappa shape index (κ3) is 2.61. The topological polar surface area (TPSA) is 47.7 Å². The molecule has 0 bridgehead atoms. The summed E-state index contributed by atoms with van der Waals surface area (Å²) in [6.07, 6.45) is 8.60. The zero-order valence-electron chi connectivity index (χ0n) is 10.9. The summed E-state index contributed by atoms with van der Waals surface area (Å²) >= 11 is 0. The Kier molecular flexibility index (Phi) is 3.82. The molecule has 0 saturated heterocycles. The Balaban J connectivity index is 2.17. The van der Waals surface area contributed by atoms with Crippen LogP contribution in [0.25, 0.3) is 0 Å². The van der Waals surface area contributed by atoms with Crippen molar-refractivity contribution in [2.24, 2.45) is 7.05 Å². The van der Waals surface area contributed by atoms with Gasteiger partial charge in [-0.15, -0.1) is 6.58 Å². The van der Waals surface area contributed by atoms with Crippen LogP contribution in [-0.4, -0.2) is 25.9 Å². The number of hydrogen-bond acceptors (Lipinski definition) is 3. The molecule has 0 unspecified atom stereocenters. The summed E-state index contributed by atoms with van der Waals surface area (Å²) in [5.41, 5.74) is 2.38. The second kappa shape index (κ2) is 5.53. The molecule has 2 aromatic heterocycles. The standard InChI is InChI=1S/C13H19N5/c1-4-6-14-13-15-7-8-18(13)10-11-9-17(3)16-12(11)5-2/h4,7-9H,1,5-6,10H2,2-3H3,(H,14,15). The fourth-order valence-corrected chi connectivity index (χ4v) is 1.96. The van der Waals surface area contributed by atoms with Crippen LogP contribution in [0.3, 0.4) is 0 Å². The Bertz CT molecular complexity index is 523. The fraction of sp³-hybridized carbons (Fsp3) is 0.385. The summed E-state index contributed by atoms with van der Waals surface area (Å²) in [6.45, 7) is 7.31. The Morgan fingerprint density at radius 2 is 2.33 bits per heavy atom. The molecule has 96 valence electrons. The molecule has 5 nitrogen and oxygen atoms in total. The second-order valence-corrected chi connectivity index (χ2v) is 4.18. The number of imidazole rings is 1. The monoisotopic (exact) mass is 245 g/mol. The largest absolute Gasteiger partial charge is 0.352 e. The van der Waals surface area contributed by atoms with Crippen LogP contribution in [-0.2, 0) is 20.0 Å². The van der Waals surface area contributed by atoms with Gasteiger partial charge in [0.25, 0.3) is 0 Å². The van der Waals surface area contributed by atoms with E-state index in [4.69, 9.17) is 0 Å². The number of rotatable bonds is 6. The first kappa shape index (κ1) is 12.4. The fourth-order valence-electron chi connectivity index (χ4n) is 1.96. The van der Waals surface area contributed by atoms with Crippen LogP contribution in [0.2, 0.25) is 0 Å². The lowest BCUT2D eigenvalue weighted by molar-refractivity contribution is 0.746. The molecule has 0 fully saturated rings. The van der Waals surface area contributed by atoms with Crippen molar-refractivity contribution in [2.75, 3.05) is 11.9 Å². The van der Waals surface area contributed by atoms with Gasteiger partial charge in [-0.2, -0.15) is 5.10 Å². The molecule has 0 radical (unpaired) electrons. The van der Waals surface area contributed by atoms with Crippen molar-refractivity contribution in [3.63, 3.8) is 0 Å². The van der Waals surface area contributed by atoms with E-state index < -0.39 is 0 Å². The molecular formula is C13H19N5. The van der Waals surface area contributed by atoms with Crippen molar-refractivity contribution in [3.05, 3.63) is 42.5 Å². The van der Waals surface area contributed by atoms with Gasteiger partial charge in [0.05, 0.1) is 12.2 Å². The van der Waals surface area contributed by atoms with Gasteiger partial charge in [0.2, 0.25) is 5.95 Å². The molecule has 2 heterocycles. The van der Waals surface area contributed by atoms with Gasteiger partial charge in [0.1, 0.15) is 0 Å². The molecule has 5 heteroatoms. The lowest BCUT2D eigenvalue weighted by Gasteiger charge is -2.08. The van der Waals surface area contributed by atoms with Gasteiger partial charge < -0.3 is 9.88 Å². The lowest BCUT2D eigenvalue weighted by Crippen LogP contribution is -2.08. The SMILES string of the molecule is C=CCNc1nccn1Cc1cn(C)nc1CC. The normalized spacial score (nSPS) is 10.6. The van der Waals surface area contributed by atoms with E-state index in [2.05, 4.69) is 39.7 Å². The number of hydrogen-bond donors (Lipinski definition) is 1. The van der Waals surface area contributed by atoms with E-state index in [-0.39, 0.29) is 0 Å². The summed E-state index contributed by atoms with van der Waals surface area (Å²) in [5.74, 6) is 0.862. The highest BCUT2D eigenvalue weighted by Crippen LogP contribution is 2.13. The van der Waals surface area contributed by atoms with Crippen LogP contribution < -0.4 is 5.32 Å². The molecule has 0 aromatic carbocycles. The Hall–Kier alpha value is -2.04. The molecule has 0 aliphatic rings. The molecule has 1 N–H and O–H groups in total. The number of nitrogens with one attached hydrogen (secondary N) is 1. The molecule has 0 amide bonds. The predicted octanol–water partition coefficient (Wildman–Crippen LogP) is 1.83. The van der Waals surface area contributed by atoms with Crippen LogP contribution in [0, 0.1) is 0 Å². The van der Waals surface area contributed by atoms with E-state index in [0.29, 0.717) is 6.54 Å². The Morgan fingerprint density at radius 1 is 1.50 bits per heavy atom. The van der Waals surface area contributed by atoms with E-state index in [9.17, 15) is 0 Å². The minimum atomic E-state index is 0.713. The van der Waals surface area contributed by atoms with E-state index in [0.717, 1.165) is 24.6 Å². The average Bonchev–Trinajstić information content (AvgIpc) is 2.94. The maximum atomic E-state index is 4.45. The zero-order valence-corrected chi connectivity index (χ0v) is 10.9. The van der Waals surface area contributed by atoms with Gasteiger partial charge in [0, 0.05) is 37.7 Å². The Morgan fingerprint density at radius 3 is 3.06 bits per heavy atom. The molecule has 18 heavy (non-hydrogen) atoms. The van der Waals surface area contributed by atoms with Crippen molar-refractivity contribution < 1.29 is 0 Å². The van der Waals surface area contributed by atoms with Crippen molar-refractivity contribution in [1.29, 1.82) is 0 Å². The summed E-state index contributed by atoms with van der Waals surface area (Å²) < 4.78 is 3.95. The van der Waals surface area contributed by atoms with Crippen LogP contribution >= 0.6 is 0 Å². The van der Waals surface area contributed by atoms with Gasteiger partial charge in [-0.25, -0.2) is 4.98 Å². The van der Waals surface area contributed by atoms with Gasteiger partial charge in [-0.3, -0.25) is 4.68 Å². The highest BCUT2D eigenvalue weighted by Gasteiger charge is 2.08. The van der Waals surface area contributed by atoms with Gasteiger partial charge in [-0.1, -0.05) is 13.0 Å². The minimum absolute atomic E-state index is 0.713. The first-order chi connectivity index (χ1) is 8.74. The molecule has 0 saturated carbocycles. The van der Waals surface area contributed by atoms with Crippen molar-refractivity contribution >= 4 is 5.95 Å². The molecule has 2 aromatic rings. The van der Waals surface area contributed by atoms with Crippen molar-refractivity contribution in [3.8, 4) is 0 Å². The van der Waals surface area contributed by atoms with Gasteiger partial charge in [-0.05, 0) is 6.42 Å². The molecule has 0 spiro atoms. The highest BCUT2D eigenvalue weighted by molar-refractivity contribution is 5.29. The smallest absolute Gasteiger partial charge is 0.203 e. The van der Waals surface area contributed by atoms with Crippen molar-refractivity contribution in [2.45, 2.75) is 19.9 Å². The summed E-state index contributed by atoms with van der Waals surface area (Å²) in [6, 6.07) is 0. The van der Waals surface area contributed by atoms with Crippen LogP contribution in [0.5, 0.6) is 0 Å². The maximum absolute atomic E-state index is 4.45. The average molecular weight is 245 g/mol. The van der Waals surface area contributed by atoms with Crippen LogP contribution in [0.15, 0.2) is 31.2 Å². The first-order valence-corrected chi connectivity index (χ1v) is 6.12. The third-order valence-corrected chi connectivity index (χ3v) is 2.79. The lowest BCUT2D eigenvalue weighted by atomic mass is 10.2. The number of aromatic nitrogens is 4. The van der Waals surface area contributed by atoms with Gasteiger partial charge >= 0.3 is 0 Å². The third-order valence-electron chi connectivity index (χ3n) is 2.79. The highest BCUT2D eigenvalue weighted by atomic mass is 15.3. The maximum Gasteiger partial charge on any atom is 0.203 e. The Labute approximate surface area is 107 Å². The van der Waals surface area contributed by atoms with Gasteiger partial charge in [0.15, 0.2) is 0 Å². The number of anilines is 1. The summed E-state index contributed by atoms with van der Waals surface area (Å²) in [4.78, 5) is 4.29. The second-order valence-electron chi connectivity index (χ2n) is 4.18. The van der Waals surface area contributed by atoms with E-state index in [1.807, 2.05) is 24.0 Å². The molecule has 0 aliphatic heterocycles. The van der Waals surface area contributed by atoms with Crippen LogP contribution in [0.4, 0.5) is 5.95 Å².